The Morgan fingerprint density at radius 2 is 2.12 bits per heavy atom. The van der Waals surface area contributed by atoms with Gasteiger partial charge in [-0.3, -0.25) is 0 Å². The Labute approximate surface area is 50.4 Å². The summed E-state index contributed by atoms with van der Waals surface area (Å²) in [6.07, 6.45) is 4.26. The van der Waals surface area contributed by atoms with Crippen molar-refractivity contribution >= 4 is 0 Å². The van der Waals surface area contributed by atoms with Gasteiger partial charge in [0.2, 0.25) is 0 Å². The Balaban J connectivity index is 3.21. The van der Waals surface area contributed by atoms with Crippen molar-refractivity contribution in [1.82, 2.24) is 0 Å². The van der Waals surface area contributed by atoms with E-state index in [-0.39, 0.29) is 0 Å². The molecule has 1 heteroatoms. The van der Waals surface area contributed by atoms with Gasteiger partial charge in [-0.1, -0.05) is 26.0 Å². The maximum absolute atomic E-state index is 12.2. The first-order valence-corrected chi connectivity index (χ1v) is 3.12. The van der Waals surface area contributed by atoms with Gasteiger partial charge in [0.25, 0.3) is 0 Å². The minimum Gasteiger partial charge on any atom is -0.243 e. The van der Waals surface area contributed by atoms with Crippen molar-refractivity contribution in [3.8, 4) is 0 Å². The van der Waals surface area contributed by atoms with Crippen LogP contribution in [-0.4, -0.2) is 6.17 Å². The molecule has 0 aliphatic carbocycles. The monoisotopic (exact) mass is 116 g/mol. The van der Waals surface area contributed by atoms with E-state index in [1.807, 2.05) is 19.9 Å². The van der Waals surface area contributed by atoms with Gasteiger partial charge in [-0.2, -0.15) is 0 Å². The molecular formula is C7H13F. The lowest BCUT2D eigenvalue weighted by Crippen LogP contribution is -1.88. The summed E-state index contributed by atoms with van der Waals surface area (Å²) in [7, 11) is 0. The molecule has 0 saturated carbocycles. The van der Waals surface area contributed by atoms with E-state index in [0.717, 1.165) is 6.42 Å². The smallest absolute Gasteiger partial charge is 0.118 e. The van der Waals surface area contributed by atoms with E-state index in [4.69, 9.17) is 0 Å². The lowest BCUT2D eigenvalue weighted by molar-refractivity contribution is 0.390. The molecule has 48 valence electrons. The van der Waals surface area contributed by atoms with Crippen LogP contribution >= 0.6 is 0 Å². The third kappa shape index (κ3) is 3.85. The van der Waals surface area contributed by atoms with Crippen LogP contribution in [0.15, 0.2) is 12.2 Å². The quantitative estimate of drug-likeness (QED) is 0.497. The molecule has 0 nitrogen and oxygen atoms in total. The van der Waals surface area contributed by atoms with Gasteiger partial charge in [0.05, 0.1) is 0 Å². The molecule has 0 bridgehead atoms. The van der Waals surface area contributed by atoms with Crippen LogP contribution in [0.3, 0.4) is 0 Å². The van der Waals surface area contributed by atoms with Gasteiger partial charge in [0.1, 0.15) is 6.17 Å². The molecule has 0 aliphatic rings. The molecule has 0 amide bonds. The van der Waals surface area contributed by atoms with Crippen molar-refractivity contribution < 1.29 is 4.39 Å². The highest BCUT2D eigenvalue weighted by Crippen LogP contribution is 1.98. The van der Waals surface area contributed by atoms with E-state index in [1.54, 1.807) is 6.08 Å². The van der Waals surface area contributed by atoms with Crippen LogP contribution in [0.1, 0.15) is 26.7 Å². The Bertz CT molecular complexity index is 66.8. The van der Waals surface area contributed by atoms with Crippen molar-refractivity contribution in [3.63, 3.8) is 0 Å². The molecule has 0 aromatic rings. The fourth-order valence-corrected chi connectivity index (χ4v) is 0.420. The van der Waals surface area contributed by atoms with E-state index in [0.29, 0.717) is 6.42 Å². The predicted octanol–water partition coefficient (Wildman–Crippen LogP) is 2.70. The molecular weight excluding hydrogens is 103 g/mol. The third-order valence-corrected chi connectivity index (χ3v) is 0.971. The van der Waals surface area contributed by atoms with Crippen LogP contribution in [-0.2, 0) is 0 Å². The molecule has 0 heterocycles. The van der Waals surface area contributed by atoms with Crippen LogP contribution in [0.4, 0.5) is 4.39 Å². The van der Waals surface area contributed by atoms with Crippen molar-refractivity contribution in [1.29, 1.82) is 0 Å². The predicted molar refractivity (Wildman–Crippen MR) is 34.6 cm³/mol. The number of alkyl halides is 1. The first-order chi connectivity index (χ1) is 3.81. The minimum absolute atomic E-state index is 0.594. The Morgan fingerprint density at radius 3 is 2.50 bits per heavy atom. The lowest BCUT2D eigenvalue weighted by Gasteiger charge is -1.92. The van der Waals surface area contributed by atoms with Crippen LogP contribution < -0.4 is 0 Å². The maximum atomic E-state index is 12.2. The van der Waals surface area contributed by atoms with Crippen molar-refractivity contribution in [2.75, 3.05) is 0 Å². The molecule has 0 saturated heterocycles. The molecule has 1 atom stereocenters. The number of rotatable bonds is 3. The molecule has 0 spiro atoms. The second-order valence-electron chi connectivity index (χ2n) is 1.76. The summed E-state index contributed by atoms with van der Waals surface area (Å²) in [5.41, 5.74) is 0. The number of halogens is 1. The zero-order valence-corrected chi connectivity index (χ0v) is 5.52. The highest BCUT2D eigenvalue weighted by atomic mass is 19.1. The van der Waals surface area contributed by atoms with Crippen LogP contribution in [0, 0.1) is 0 Å². The Morgan fingerprint density at radius 1 is 1.50 bits per heavy atom. The van der Waals surface area contributed by atoms with Gasteiger partial charge in [0.15, 0.2) is 0 Å². The molecule has 0 aliphatic heterocycles. The average molecular weight is 116 g/mol. The number of hydrogen-bond acceptors (Lipinski definition) is 0. The summed E-state index contributed by atoms with van der Waals surface area (Å²) in [5.74, 6) is 0. The molecule has 0 rings (SSSR count). The van der Waals surface area contributed by atoms with E-state index in [1.165, 1.54) is 0 Å². The molecule has 0 radical (unpaired) electrons. The van der Waals surface area contributed by atoms with Gasteiger partial charge in [-0.05, 0) is 12.8 Å². The standard InChI is InChI=1S/C7H13F/c1-3-5-6-7(8)4-2/h5-7H,3-4H2,1-2H3/b6-5-. The zero-order valence-electron chi connectivity index (χ0n) is 5.52. The van der Waals surface area contributed by atoms with E-state index in [2.05, 4.69) is 0 Å². The number of hydrogen-bond donors (Lipinski definition) is 0. The summed E-state index contributed by atoms with van der Waals surface area (Å²) >= 11 is 0. The number of allylic oxidation sites excluding steroid dienone is 2. The highest BCUT2D eigenvalue weighted by molar-refractivity contribution is 4.86. The fraction of sp³-hybridized carbons (Fsp3) is 0.714. The van der Waals surface area contributed by atoms with Gasteiger partial charge in [0, 0.05) is 0 Å². The van der Waals surface area contributed by atoms with Crippen molar-refractivity contribution in [2.24, 2.45) is 0 Å². The largest absolute Gasteiger partial charge is 0.243 e. The van der Waals surface area contributed by atoms with Crippen LogP contribution in [0.25, 0.3) is 0 Å². The topological polar surface area (TPSA) is 0 Å². The van der Waals surface area contributed by atoms with E-state index in [9.17, 15) is 4.39 Å². The second-order valence-corrected chi connectivity index (χ2v) is 1.76. The zero-order chi connectivity index (χ0) is 6.41. The summed E-state index contributed by atoms with van der Waals surface area (Å²) in [5, 5.41) is 0. The molecule has 0 aromatic carbocycles. The molecule has 0 N–H and O–H groups in total. The van der Waals surface area contributed by atoms with Gasteiger partial charge in [-0.25, -0.2) is 4.39 Å². The first-order valence-electron chi connectivity index (χ1n) is 3.12. The molecule has 8 heavy (non-hydrogen) atoms. The second kappa shape index (κ2) is 4.82. The van der Waals surface area contributed by atoms with E-state index >= 15 is 0 Å². The summed E-state index contributed by atoms with van der Waals surface area (Å²) in [4.78, 5) is 0. The Kier molecular flexibility index (Phi) is 4.62. The summed E-state index contributed by atoms with van der Waals surface area (Å²) < 4.78 is 12.2. The Hall–Kier alpha value is -0.330. The SMILES string of the molecule is CC/C=C\C(F)CC. The van der Waals surface area contributed by atoms with Gasteiger partial charge in [-0.15, -0.1) is 0 Å². The van der Waals surface area contributed by atoms with E-state index < -0.39 is 6.17 Å². The van der Waals surface area contributed by atoms with Gasteiger partial charge >= 0.3 is 0 Å². The van der Waals surface area contributed by atoms with Gasteiger partial charge < -0.3 is 0 Å². The molecule has 1 unspecified atom stereocenters. The first kappa shape index (κ1) is 7.67. The summed E-state index contributed by atoms with van der Waals surface area (Å²) in [6.45, 7) is 3.84. The van der Waals surface area contributed by atoms with Crippen molar-refractivity contribution in [2.45, 2.75) is 32.9 Å². The highest BCUT2D eigenvalue weighted by Gasteiger charge is 1.92. The maximum Gasteiger partial charge on any atom is 0.118 e. The summed E-state index contributed by atoms with van der Waals surface area (Å²) in [6, 6.07) is 0. The molecule has 0 aromatic heterocycles. The van der Waals surface area contributed by atoms with Crippen molar-refractivity contribution in [3.05, 3.63) is 12.2 Å². The normalized spacial score (nSPS) is 14.9. The third-order valence-electron chi connectivity index (χ3n) is 0.971. The fourth-order valence-electron chi connectivity index (χ4n) is 0.420. The average Bonchev–Trinajstić information content (AvgIpc) is 1.83. The lowest BCUT2D eigenvalue weighted by atomic mass is 10.2. The van der Waals surface area contributed by atoms with Crippen LogP contribution in [0.2, 0.25) is 0 Å². The minimum atomic E-state index is -0.727. The molecule has 0 fully saturated rings. The van der Waals surface area contributed by atoms with Crippen LogP contribution in [0.5, 0.6) is 0 Å².